The molecule has 1 saturated heterocycles. The third-order valence-corrected chi connectivity index (χ3v) is 4.36. The van der Waals surface area contributed by atoms with Gasteiger partial charge in [-0.3, -0.25) is 9.59 Å². The third kappa shape index (κ3) is 3.97. The van der Waals surface area contributed by atoms with E-state index in [0.29, 0.717) is 24.4 Å². The van der Waals surface area contributed by atoms with Crippen molar-refractivity contribution in [3.05, 3.63) is 65.7 Å². The molecule has 0 spiro atoms. The first kappa shape index (κ1) is 17.0. The topological polar surface area (TPSA) is 98.7 Å². The van der Waals surface area contributed by atoms with Gasteiger partial charge in [-0.25, -0.2) is 0 Å². The highest BCUT2D eigenvalue weighted by atomic mass is 16.5. The highest BCUT2D eigenvalue weighted by Crippen LogP contribution is 2.27. The van der Waals surface area contributed by atoms with Crippen molar-refractivity contribution < 1.29 is 14.3 Å². The van der Waals surface area contributed by atoms with Crippen LogP contribution in [0.3, 0.4) is 0 Å². The minimum absolute atomic E-state index is 0.0599. The first-order chi connectivity index (χ1) is 12.0. The molecule has 0 radical (unpaired) electrons. The Morgan fingerprint density at radius 2 is 1.72 bits per heavy atom. The van der Waals surface area contributed by atoms with Gasteiger partial charge in [-0.2, -0.15) is 0 Å². The van der Waals surface area contributed by atoms with Crippen LogP contribution in [0.15, 0.2) is 54.6 Å². The Labute approximate surface area is 146 Å². The van der Waals surface area contributed by atoms with Crippen LogP contribution in [0.2, 0.25) is 0 Å². The summed E-state index contributed by atoms with van der Waals surface area (Å²) in [5.74, 6) is 0.0347. The minimum atomic E-state index is -0.543. The van der Waals surface area contributed by atoms with Gasteiger partial charge >= 0.3 is 0 Å². The van der Waals surface area contributed by atoms with Crippen molar-refractivity contribution >= 4 is 11.8 Å². The lowest BCUT2D eigenvalue weighted by molar-refractivity contribution is -0.119. The van der Waals surface area contributed by atoms with Crippen LogP contribution in [0, 0.1) is 0 Å². The van der Waals surface area contributed by atoms with Gasteiger partial charge in [0, 0.05) is 30.6 Å². The van der Waals surface area contributed by atoms with Crippen molar-refractivity contribution in [3.8, 4) is 5.75 Å². The normalized spacial score (nSPS) is 19.6. The quantitative estimate of drug-likeness (QED) is 0.853. The van der Waals surface area contributed by atoms with Gasteiger partial charge < -0.3 is 21.1 Å². The number of nitrogens with two attached hydrogens (primary N) is 2. The average molecular weight is 339 g/mol. The molecular weight excluding hydrogens is 318 g/mol. The summed E-state index contributed by atoms with van der Waals surface area (Å²) in [5, 5.41) is 0. The second kappa shape index (κ2) is 7.36. The van der Waals surface area contributed by atoms with Crippen molar-refractivity contribution in [2.45, 2.75) is 12.0 Å². The number of hydrogen-bond donors (Lipinski definition) is 2. The first-order valence-corrected chi connectivity index (χ1v) is 8.15. The summed E-state index contributed by atoms with van der Waals surface area (Å²) in [6, 6.07) is 16.6. The maximum absolute atomic E-state index is 12.7. The van der Waals surface area contributed by atoms with Gasteiger partial charge in [-0.05, 0) is 29.8 Å². The lowest BCUT2D eigenvalue weighted by atomic mass is 9.95. The molecule has 3 rings (SSSR count). The highest BCUT2D eigenvalue weighted by Gasteiger charge is 2.34. The van der Waals surface area contributed by atoms with Crippen LogP contribution in [-0.4, -0.2) is 42.5 Å². The summed E-state index contributed by atoms with van der Waals surface area (Å²) in [7, 11) is 0. The van der Waals surface area contributed by atoms with E-state index in [1.165, 1.54) is 0 Å². The Morgan fingerprint density at radius 1 is 1.04 bits per heavy atom. The van der Waals surface area contributed by atoms with Crippen LogP contribution in [-0.2, 0) is 4.79 Å². The summed E-state index contributed by atoms with van der Waals surface area (Å²) in [5.41, 5.74) is 13.0. The van der Waals surface area contributed by atoms with Crippen LogP contribution in [0.25, 0.3) is 0 Å². The number of primary amides is 1. The number of carbonyl (C=O) groups is 2. The second-order valence-electron chi connectivity index (χ2n) is 6.17. The molecule has 6 heteroatoms. The van der Waals surface area contributed by atoms with Crippen LogP contribution >= 0.6 is 0 Å². The number of hydrogen-bond acceptors (Lipinski definition) is 4. The van der Waals surface area contributed by atoms with E-state index in [0.717, 1.165) is 5.56 Å². The van der Waals surface area contributed by atoms with E-state index in [-0.39, 0.29) is 24.5 Å². The molecule has 1 heterocycles. The van der Waals surface area contributed by atoms with E-state index in [1.54, 1.807) is 29.2 Å². The van der Waals surface area contributed by atoms with Gasteiger partial charge in [0.1, 0.15) is 5.75 Å². The van der Waals surface area contributed by atoms with Gasteiger partial charge in [0.2, 0.25) is 0 Å². The zero-order chi connectivity index (χ0) is 17.8. The lowest BCUT2D eigenvalue weighted by Crippen LogP contribution is -2.32. The first-order valence-electron chi connectivity index (χ1n) is 8.15. The highest BCUT2D eigenvalue weighted by molar-refractivity contribution is 5.94. The largest absolute Gasteiger partial charge is 0.484 e. The third-order valence-electron chi connectivity index (χ3n) is 4.36. The molecule has 0 unspecified atom stereocenters. The number of nitrogens with zero attached hydrogens (tertiary/aromatic N) is 1. The average Bonchev–Trinajstić information content (AvgIpc) is 3.02. The zero-order valence-electron chi connectivity index (χ0n) is 13.8. The Balaban J connectivity index is 1.66. The predicted octanol–water partition coefficient (Wildman–Crippen LogP) is 1.12. The second-order valence-corrected chi connectivity index (χ2v) is 6.17. The van der Waals surface area contributed by atoms with Gasteiger partial charge in [-0.15, -0.1) is 0 Å². The number of benzene rings is 2. The fraction of sp³-hybridized carbons (Fsp3) is 0.263. The summed E-state index contributed by atoms with van der Waals surface area (Å²) in [4.78, 5) is 25.2. The van der Waals surface area contributed by atoms with Gasteiger partial charge in [0.25, 0.3) is 11.8 Å². The van der Waals surface area contributed by atoms with Gasteiger partial charge in [0.15, 0.2) is 6.61 Å². The molecule has 0 bridgehead atoms. The molecule has 2 atom stereocenters. The molecular formula is C19H21N3O3. The minimum Gasteiger partial charge on any atom is -0.484 e. The van der Waals surface area contributed by atoms with Gasteiger partial charge in [-0.1, -0.05) is 30.3 Å². The Morgan fingerprint density at radius 3 is 2.36 bits per heavy atom. The fourth-order valence-electron chi connectivity index (χ4n) is 3.08. The molecule has 6 nitrogen and oxygen atoms in total. The molecule has 1 aliphatic heterocycles. The van der Waals surface area contributed by atoms with Crippen molar-refractivity contribution in [3.63, 3.8) is 0 Å². The van der Waals surface area contributed by atoms with Crippen LogP contribution < -0.4 is 16.2 Å². The monoisotopic (exact) mass is 339 g/mol. The molecule has 1 aliphatic rings. The number of carbonyl (C=O) groups excluding carboxylic acids is 2. The smallest absolute Gasteiger partial charge is 0.255 e. The summed E-state index contributed by atoms with van der Waals surface area (Å²) >= 11 is 0. The molecule has 130 valence electrons. The Hall–Kier alpha value is -2.86. The number of ether oxygens (including phenoxy) is 1. The summed E-state index contributed by atoms with van der Waals surface area (Å²) in [6.07, 6.45) is 0. The number of rotatable bonds is 5. The van der Waals surface area contributed by atoms with Crippen molar-refractivity contribution in [2.24, 2.45) is 11.5 Å². The van der Waals surface area contributed by atoms with Crippen LogP contribution in [0.1, 0.15) is 21.8 Å². The summed E-state index contributed by atoms with van der Waals surface area (Å²) in [6.45, 7) is 0.940. The van der Waals surface area contributed by atoms with Crippen molar-refractivity contribution in [2.75, 3.05) is 19.7 Å². The van der Waals surface area contributed by atoms with E-state index in [9.17, 15) is 9.59 Å². The Bertz CT molecular complexity index is 746. The van der Waals surface area contributed by atoms with Gasteiger partial charge in [0.05, 0.1) is 0 Å². The zero-order valence-corrected chi connectivity index (χ0v) is 13.8. The van der Waals surface area contributed by atoms with E-state index in [1.807, 2.05) is 30.3 Å². The number of likely N-dealkylation sites (tertiary alicyclic amines) is 1. The van der Waals surface area contributed by atoms with E-state index < -0.39 is 5.91 Å². The fourth-order valence-corrected chi connectivity index (χ4v) is 3.08. The molecule has 0 aromatic heterocycles. The van der Waals surface area contributed by atoms with Crippen LogP contribution in [0.4, 0.5) is 0 Å². The molecule has 0 aliphatic carbocycles. The molecule has 2 aromatic carbocycles. The standard InChI is InChI=1S/C19H21N3O3/c20-17-11-22(10-16(17)13-4-2-1-3-5-13)19(24)14-6-8-15(9-7-14)25-12-18(21)23/h1-9,16-17H,10-12,20H2,(H2,21,23)/t16-,17+/m0/s1. The van der Waals surface area contributed by atoms with E-state index >= 15 is 0 Å². The molecule has 2 aromatic rings. The van der Waals surface area contributed by atoms with Crippen molar-refractivity contribution in [1.29, 1.82) is 0 Å². The molecule has 0 saturated carbocycles. The van der Waals surface area contributed by atoms with Crippen LogP contribution in [0.5, 0.6) is 5.75 Å². The maximum Gasteiger partial charge on any atom is 0.255 e. The SMILES string of the molecule is NC(=O)COc1ccc(C(=O)N2C[C@@H](N)[C@H](c3ccccc3)C2)cc1. The number of amides is 2. The van der Waals surface area contributed by atoms with Crippen molar-refractivity contribution in [1.82, 2.24) is 4.90 Å². The molecule has 25 heavy (non-hydrogen) atoms. The lowest BCUT2D eigenvalue weighted by Gasteiger charge is -2.17. The Kier molecular flexibility index (Phi) is 5.00. The maximum atomic E-state index is 12.7. The summed E-state index contributed by atoms with van der Waals surface area (Å²) < 4.78 is 5.20. The molecule has 1 fully saturated rings. The predicted molar refractivity (Wildman–Crippen MR) is 94.2 cm³/mol. The molecule has 4 N–H and O–H groups in total. The van der Waals surface area contributed by atoms with E-state index in [2.05, 4.69) is 0 Å². The van der Waals surface area contributed by atoms with E-state index in [4.69, 9.17) is 16.2 Å². The molecule has 2 amide bonds.